The average Bonchev–Trinajstić information content (AvgIpc) is 2.67. The zero-order chi connectivity index (χ0) is 7.42. The van der Waals surface area contributed by atoms with Gasteiger partial charge in [0.1, 0.15) is 5.75 Å². The topological polar surface area (TPSA) is 20.2 Å². The lowest BCUT2D eigenvalue weighted by Gasteiger charge is -2.03. The van der Waals surface area contributed by atoms with Crippen LogP contribution >= 0.6 is 0 Å². The highest BCUT2D eigenvalue weighted by atomic mass is 16.3. The highest BCUT2D eigenvalue weighted by Crippen LogP contribution is 2.57. The van der Waals surface area contributed by atoms with E-state index >= 15 is 0 Å². The average molecular weight is 146 g/mol. The van der Waals surface area contributed by atoms with E-state index in [0.717, 1.165) is 18.3 Å². The molecule has 1 aromatic rings. The van der Waals surface area contributed by atoms with E-state index in [1.54, 1.807) is 6.07 Å². The van der Waals surface area contributed by atoms with Crippen molar-refractivity contribution in [3.8, 4) is 5.75 Å². The largest absolute Gasteiger partial charge is 0.508 e. The quantitative estimate of drug-likeness (QED) is 0.594. The zero-order valence-electron chi connectivity index (χ0n) is 6.25. The molecule has 0 aromatic heterocycles. The molecule has 0 amide bonds. The third kappa shape index (κ3) is 0.609. The second kappa shape index (κ2) is 1.60. The molecule has 2 unspecified atom stereocenters. The van der Waals surface area contributed by atoms with Crippen molar-refractivity contribution in [3.63, 3.8) is 0 Å². The number of fused-ring (bicyclic) bond motifs is 3. The van der Waals surface area contributed by atoms with Crippen molar-refractivity contribution in [3.05, 3.63) is 29.3 Å². The normalized spacial score (nSPS) is 31.3. The highest BCUT2D eigenvalue weighted by molar-refractivity contribution is 5.48. The standard InChI is InChI=1S/C10H10O/c11-10-3-1-2-7-8-4-6(8)5-9(7)10/h1-3,6,8,11H,4-5H2. The third-order valence-electron chi connectivity index (χ3n) is 2.98. The summed E-state index contributed by atoms with van der Waals surface area (Å²) < 4.78 is 0. The predicted octanol–water partition coefficient (Wildman–Crippen LogP) is 2.05. The molecule has 1 nitrogen and oxygen atoms in total. The van der Waals surface area contributed by atoms with E-state index in [0.29, 0.717) is 5.75 Å². The Morgan fingerprint density at radius 1 is 1.36 bits per heavy atom. The van der Waals surface area contributed by atoms with Crippen molar-refractivity contribution in [1.82, 2.24) is 0 Å². The minimum absolute atomic E-state index is 0.509. The van der Waals surface area contributed by atoms with Crippen LogP contribution in [0.2, 0.25) is 0 Å². The van der Waals surface area contributed by atoms with Crippen LogP contribution < -0.4 is 0 Å². The minimum atomic E-state index is 0.509. The van der Waals surface area contributed by atoms with Gasteiger partial charge >= 0.3 is 0 Å². The van der Waals surface area contributed by atoms with E-state index in [1.807, 2.05) is 6.07 Å². The van der Waals surface area contributed by atoms with Crippen LogP contribution in [-0.4, -0.2) is 5.11 Å². The molecule has 2 aliphatic carbocycles. The lowest BCUT2D eigenvalue weighted by Crippen LogP contribution is -1.85. The van der Waals surface area contributed by atoms with E-state index in [-0.39, 0.29) is 0 Å². The van der Waals surface area contributed by atoms with Gasteiger partial charge in [-0.25, -0.2) is 0 Å². The van der Waals surface area contributed by atoms with Crippen LogP contribution in [0.3, 0.4) is 0 Å². The van der Waals surface area contributed by atoms with Crippen molar-refractivity contribution in [2.45, 2.75) is 18.8 Å². The zero-order valence-corrected chi connectivity index (χ0v) is 6.25. The molecule has 0 spiro atoms. The fourth-order valence-corrected chi connectivity index (χ4v) is 2.28. The van der Waals surface area contributed by atoms with Crippen LogP contribution in [0.15, 0.2) is 18.2 Å². The summed E-state index contributed by atoms with van der Waals surface area (Å²) in [6.07, 6.45) is 2.48. The summed E-state index contributed by atoms with van der Waals surface area (Å²) >= 11 is 0. The Morgan fingerprint density at radius 3 is 3.09 bits per heavy atom. The van der Waals surface area contributed by atoms with E-state index in [9.17, 15) is 5.11 Å². The van der Waals surface area contributed by atoms with Gasteiger partial charge in [-0.3, -0.25) is 0 Å². The molecule has 1 saturated carbocycles. The molecule has 1 heteroatoms. The molecule has 56 valence electrons. The summed E-state index contributed by atoms with van der Waals surface area (Å²) in [4.78, 5) is 0. The maximum Gasteiger partial charge on any atom is 0.119 e. The number of phenolic OH excluding ortho intramolecular Hbond substituents is 1. The van der Waals surface area contributed by atoms with Gasteiger partial charge in [-0.05, 0) is 41.9 Å². The third-order valence-corrected chi connectivity index (χ3v) is 2.98. The van der Waals surface area contributed by atoms with Crippen molar-refractivity contribution in [2.24, 2.45) is 5.92 Å². The summed E-state index contributed by atoms with van der Waals surface area (Å²) in [5.74, 6) is 2.19. The maximum absolute atomic E-state index is 9.47. The molecule has 11 heavy (non-hydrogen) atoms. The smallest absolute Gasteiger partial charge is 0.119 e. The molecule has 3 rings (SSSR count). The number of hydrogen-bond acceptors (Lipinski definition) is 1. The summed E-state index contributed by atoms with van der Waals surface area (Å²) in [7, 11) is 0. The van der Waals surface area contributed by atoms with Gasteiger partial charge in [0.25, 0.3) is 0 Å². The Labute approximate surface area is 65.7 Å². The fourth-order valence-electron chi connectivity index (χ4n) is 2.28. The maximum atomic E-state index is 9.47. The first-order valence-corrected chi connectivity index (χ1v) is 4.17. The van der Waals surface area contributed by atoms with Gasteiger partial charge in [0.05, 0.1) is 0 Å². The lowest BCUT2D eigenvalue weighted by molar-refractivity contribution is 0.467. The summed E-state index contributed by atoms with van der Waals surface area (Å²) in [6.45, 7) is 0. The molecule has 1 aromatic carbocycles. The van der Waals surface area contributed by atoms with Gasteiger partial charge in [-0.1, -0.05) is 12.1 Å². The van der Waals surface area contributed by atoms with Gasteiger partial charge in [-0.2, -0.15) is 0 Å². The van der Waals surface area contributed by atoms with E-state index in [4.69, 9.17) is 0 Å². The minimum Gasteiger partial charge on any atom is -0.508 e. The Bertz CT molecular complexity index is 317. The number of benzene rings is 1. The number of rotatable bonds is 0. The van der Waals surface area contributed by atoms with E-state index in [2.05, 4.69) is 6.07 Å². The molecular formula is C10H10O. The van der Waals surface area contributed by atoms with Crippen molar-refractivity contribution < 1.29 is 5.11 Å². The predicted molar refractivity (Wildman–Crippen MR) is 42.7 cm³/mol. The SMILES string of the molecule is Oc1cccc2c1CC1CC21. The van der Waals surface area contributed by atoms with E-state index < -0.39 is 0 Å². The first-order valence-electron chi connectivity index (χ1n) is 4.17. The Morgan fingerprint density at radius 2 is 2.27 bits per heavy atom. The van der Waals surface area contributed by atoms with Gasteiger partial charge in [0.15, 0.2) is 0 Å². The monoisotopic (exact) mass is 146 g/mol. The fraction of sp³-hybridized carbons (Fsp3) is 0.400. The Kier molecular flexibility index (Phi) is 0.823. The Hall–Kier alpha value is -0.980. The number of aromatic hydroxyl groups is 1. The molecule has 2 atom stereocenters. The molecule has 0 bridgehead atoms. The molecule has 2 aliphatic rings. The molecule has 1 fully saturated rings. The molecule has 0 radical (unpaired) electrons. The number of phenols is 1. The van der Waals surface area contributed by atoms with Crippen LogP contribution in [0.5, 0.6) is 5.75 Å². The molecule has 0 heterocycles. The van der Waals surface area contributed by atoms with Gasteiger partial charge < -0.3 is 5.11 Å². The Balaban J connectivity index is 2.24. The van der Waals surface area contributed by atoms with Crippen LogP contribution in [0.25, 0.3) is 0 Å². The van der Waals surface area contributed by atoms with Crippen LogP contribution in [0.4, 0.5) is 0 Å². The first kappa shape index (κ1) is 5.64. The van der Waals surface area contributed by atoms with Gasteiger partial charge in [0.2, 0.25) is 0 Å². The summed E-state index contributed by atoms with van der Waals surface area (Å²) in [5, 5.41) is 9.47. The van der Waals surface area contributed by atoms with Crippen LogP contribution in [0, 0.1) is 5.92 Å². The summed E-state index contributed by atoms with van der Waals surface area (Å²) in [6, 6.07) is 5.91. The highest BCUT2D eigenvalue weighted by Gasteiger charge is 2.45. The molecule has 1 N–H and O–H groups in total. The molecule has 0 saturated heterocycles. The van der Waals surface area contributed by atoms with Gasteiger partial charge in [0, 0.05) is 0 Å². The summed E-state index contributed by atoms with van der Waals surface area (Å²) in [5.41, 5.74) is 2.63. The van der Waals surface area contributed by atoms with Crippen LogP contribution in [-0.2, 0) is 6.42 Å². The molecular weight excluding hydrogens is 136 g/mol. The first-order chi connectivity index (χ1) is 5.36. The van der Waals surface area contributed by atoms with Crippen molar-refractivity contribution in [1.29, 1.82) is 0 Å². The molecule has 0 aliphatic heterocycles. The lowest BCUT2D eigenvalue weighted by atomic mass is 10.1. The van der Waals surface area contributed by atoms with Crippen molar-refractivity contribution >= 4 is 0 Å². The second-order valence-electron chi connectivity index (χ2n) is 3.65. The second-order valence-corrected chi connectivity index (χ2v) is 3.65. The van der Waals surface area contributed by atoms with Crippen molar-refractivity contribution in [2.75, 3.05) is 0 Å². The van der Waals surface area contributed by atoms with Gasteiger partial charge in [-0.15, -0.1) is 0 Å². The van der Waals surface area contributed by atoms with Crippen LogP contribution in [0.1, 0.15) is 23.5 Å². The number of hydrogen-bond donors (Lipinski definition) is 1. The van der Waals surface area contributed by atoms with E-state index in [1.165, 1.54) is 17.5 Å².